The van der Waals surface area contributed by atoms with E-state index in [0.29, 0.717) is 6.54 Å². The maximum absolute atomic E-state index is 5.48. The first-order chi connectivity index (χ1) is 5.86. The van der Waals surface area contributed by atoms with Gasteiger partial charge < -0.3 is 5.73 Å². The molecule has 0 saturated heterocycles. The normalized spacial score (nSPS) is 10.2. The minimum Gasteiger partial charge on any atom is -0.326 e. The molecule has 2 N–H and O–H groups in total. The Morgan fingerprint density at radius 2 is 2.00 bits per heavy atom. The predicted octanol–water partition coefficient (Wildman–Crippen LogP) is 0.753. The molecular formula is C9H15N2S+. The van der Waals surface area contributed by atoms with Gasteiger partial charge in [0.15, 0.2) is 12.4 Å². The number of aromatic nitrogens is 1. The molecule has 12 heavy (non-hydrogen) atoms. The summed E-state index contributed by atoms with van der Waals surface area (Å²) in [5, 5.41) is 0. The minimum atomic E-state index is 0.618. The highest BCUT2D eigenvalue weighted by Gasteiger charge is 1.97. The zero-order valence-corrected chi connectivity index (χ0v) is 8.00. The van der Waals surface area contributed by atoms with Gasteiger partial charge in [-0.05, 0) is 11.3 Å². The van der Waals surface area contributed by atoms with Gasteiger partial charge in [-0.2, -0.15) is 12.6 Å². The van der Waals surface area contributed by atoms with E-state index in [-0.39, 0.29) is 0 Å². The van der Waals surface area contributed by atoms with E-state index in [9.17, 15) is 0 Å². The summed E-state index contributed by atoms with van der Waals surface area (Å²) in [6, 6.07) is 4.11. The van der Waals surface area contributed by atoms with Crippen LogP contribution in [0.5, 0.6) is 0 Å². The third-order valence-corrected chi connectivity index (χ3v) is 2.09. The van der Waals surface area contributed by atoms with Gasteiger partial charge in [0.25, 0.3) is 0 Å². The number of pyridine rings is 1. The lowest BCUT2D eigenvalue weighted by Crippen LogP contribution is -2.32. The molecule has 0 aliphatic rings. The van der Waals surface area contributed by atoms with E-state index in [1.807, 2.05) is 0 Å². The van der Waals surface area contributed by atoms with Crippen molar-refractivity contribution in [2.24, 2.45) is 5.73 Å². The molecule has 1 heterocycles. The molecule has 0 spiro atoms. The molecule has 0 amide bonds. The fraction of sp³-hybridized carbons (Fsp3) is 0.444. The second-order valence-electron chi connectivity index (χ2n) is 2.73. The highest BCUT2D eigenvalue weighted by Crippen LogP contribution is 1.92. The first-order valence-corrected chi connectivity index (χ1v) is 4.79. The molecule has 0 aliphatic heterocycles. The molecule has 0 aliphatic carbocycles. The Labute approximate surface area is 78.8 Å². The van der Waals surface area contributed by atoms with Crippen molar-refractivity contribution in [3.8, 4) is 0 Å². The molecule has 0 radical (unpaired) electrons. The van der Waals surface area contributed by atoms with Gasteiger partial charge in [0.05, 0.1) is 0 Å². The fourth-order valence-corrected chi connectivity index (χ4v) is 1.17. The maximum atomic E-state index is 5.48. The van der Waals surface area contributed by atoms with Crippen LogP contribution in [0.25, 0.3) is 0 Å². The van der Waals surface area contributed by atoms with E-state index >= 15 is 0 Å². The zero-order valence-electron chi connectivity index (χ0n) is 7.11. The Kier molecular flexibility index (Phi) is 4.11. The van der Waals surface area contributed by atoms with E-state index < -0.39 is 0 Å². The van der Waals surface area contributed by atoms with Crippen molar-refractivity contribution < 1.29 is 4.57 Å². The summed E-state index contributed by atoms with van der Waals surface area (Å²) in [5.74, 6) is 0.936. The van der Waals surface area contributed by atoms with Gasteiger partial charge in [0, 0.05) is 25.1 Å². The van der Waals surface area contributed by atoms with Crippen molar-refractivity contribution in [3.05, 3.63) is 30.1 Å². The standard InChI is InChI=1S/C9H14N2S/c10-8-9-2-5-11(6-3-9)4-1-7-12/h2-3,5-6H,1,4,7-8,10H2/p+1. The molecule has 0 atom stereocenters. The molecule has 1 rings (SSSR count). The molecule has 0 unspecified atom stereocenters. The Bertz CT molecular complexity index is 220. The maximum Gasteiger partial charge on any atom is 0.169 e. The van der Waals surface area contributed by atoms with Gasteiger partial charge in [-0.3, -0.25) is 0 Å². The second kappa shape index (κ2) is 5.17. The van der Waals surface area contributed by atoms with Gasteiger partial charge in [-0.25, -0.2) is 4.57 Å². The number of thiol groups is 1. The number of rotatable bonds is 4. The fourth-order valence-electron chi connectivity index (χ4n) is 1.03. The SMILES string of the molecule is NCc1cc[n+](CCCS)cc1. The zero-order chi connectivity index (χ0) is 8.81. The van der Waals surface area contributed by atoms with Crippen molar-refractivity contribution in [2.45, 2.75) is 19.5 Å². The van der Waals surface area contributed by atoms with E-state index in [2.05, 4.69) is 41.7 Å². The summed E-state index contributed by atoms with van der Waals surface area (Å²) < 4.78 is 2.15. The van der Waals surface area contributed by atoms with E-state index in [1.165, 1.54) is 5.56 Å². The summed E-state index contributed by atoms with van der Waals surface area (Å²) in [6.45, 7) is 1.65. The Morgan fingerprint density at radius 1 is 1.33 bits per heavy atom. The molecule has 66 valence electrons. The Balaban J connectivity index is 2.53. The number of nitrogens with two attached hydrogens (primary N) is 1. The molecule has 3 heteroatoms. The van der Waals surface area contributed by atoms with Crippen LogP contribution in [0.15, 0.2) is 24.5 Å². The highest BCUT2D eigenvalue weighted by atomic mass is 32.1. The Morgan fingerprint density at radius 3 is 2.50 bits per heavy atom. The topological polar surface area (TPSA) is 29.9 Å². The minimum absolute atomic E-state index is 0.618. The third kappa shape index (κ3) is 2.83. The van der Waals surface area contributed by atoms with E-state index in [4.69, 9.17) is 5.73 Å². The van der Waals surface area contributed by atoms with Crippen molar-refractivity contribution in [1.29, 1.82) is 0 Å². The average molecular weight is 183 g/mol. The summed E-state index contributed by atoms with van der Waals surface area (Å²) in [4.78, 5) is 0. The highest BCUT2D eigenvalue weighted by molar-refractivity contribution is 7.80. The van der Waals surface area contributed by atoms with Gasteiger partial charge in [-0.15, -0.1) is 0 Å². The van der Waals surface area contributed by atoms with E-state index in [0.717, 1.165) is 18.7 Å². The average Bonchev–Trinajstić information content (AvgIpc) is 2.15. The first kappa shape index (κ1) is 9.55. The molecule has 1 aromatic heterocycles. The number of hydrogen-bond acceptors (Lipinski definition) is 2. The van der Waals surface area contributed by atoms with Crippen LogP contribution in [0.2, 0.25) is 0 Å². The van der Waals surface area contributed by atoms with Crippen molar-refractivity contribution >= 4 is 12.6 Å². The van der Waals surface area contributed by atoms with Gasteiger partial charge in [-0.1, -0.05) is 0 Å². The lowest BCUT2D eigenvalue weighted by atomic mass is 10.3. The first-order valence-electron chi connectivity index (χ1n) is 4.15. The van der Waals surface area contributed by atoms with Crippen LogP contribution in [0.3, 0.4) is 0 Å². The van der Waals surface area contributed by atoms with E-state index in [1.54, 1.807) is 0 Å². The number of hydrogen-bond donors (Lipinski definition) is 2. The second-order valence-corrected chi connectivity index (χ2v) is 3.17. The van der Waals surface area contributed by atoms with Crippen LogP contribution in [0.4, 0.5) is 0 Å². The van der Waals surface area contributed by atoms with Crippen LogP contribution in [-0.2, 0) is 13.1 Å². The lowest BCUT2D eigenvalue weighted by Gasteiger charge is -1.96. The largest absolute Gasteiger partial charge is 0.326 e. The number of aryl methyl sites for hydroxylation is 1. The summed E-state index contributed by atoms with van der Waals surface area (Å²) in [7, 11) is 0. The monoisotopic (exact) mass is 183 g/mol. The molecule has 0 aromatic carbocycles. The van der Waals surface area contributed by atoms with Crippen molar-refractivity contribution in [3.63, 3.8) is 0 Å². The van der Waals surface area contributed by atoms with Crippen LogP contribution < -0.4 is 10.3 Å². The quantitative estimate of drug-likeness (QED) is 0.524. The van der Waals surface area contributed by atoms with Crippen LogP contribution >= 0.6 is 12.6 Å². The molecule has 0 fully saturated rings. The van der Waals surface area contributed by atoms with Crippen molar-refractivity contribution in [1.82, 2.24) is 0 Å². The molecule has 0 saturated carbocycles. The molecule has 2 nitrogen and oxygen atoms in total. The predicted molar refractivity (Wildman–Crippen MR) is 53.0 cm³/mol. The van der Waals surface area contributed by atoms with Crippen LogP contribution in [0, 0.1) is 0 Å². The summed E-state index contributed by atoms with van der Waals surface area (Å²) in [5.41, 5.74) is 6.66. The summed E-state index contributed by atoms with van der Waals surface area (Å²) in [6.07, 6.45) is 5.23. The number of nitrogens with zero attached hydrogens (tertiary/aromatic N) is 1. The van der Waals surface area contributed by atoms with Crippen molar-refractivity contribution in [2.75, 3.05) is 5.75 Å². The van der Waals surface area contributed by atoms with Crippen LogP contribution in [0.1, 0.15) is 12.0 Å². The molecular weight excluding hydrogens is 168 g/mol. The lowest BCUT2D eigenvalue weighted by molar-refractivity contribution is -0.696. The smallest absolute Gasteiger partial charge is 0.169 e. The Hall–Kier alpha value is -0.540. The van der Waals surface area contributed by atoms with Gasteiger partial charge >= 0.3 is 0 Å². The van der Waals surface area contributed by atoms with Crippen LogP contribution in [-0.4, -0.2) is 5.75 Å². The van der Waals surface area contributed by atoms with Gasteiger partial charge in [0.1, 0.15) is 6.54 Å². The third-order valence-electron chi connectivity index (χ3n) is 1.77. The molecule has 1 aromatic rings. The summed E-state index contributed by atoms with van der Waals surface area (Å²) >= 11 is 4.16. The molecule has 0 bridgehead atoms. The van der Waals surface area contributed by atoms with Gasteiger partial charge in [0.2, 0.25) is 0 Å².